The van der Waals surface area contributed by atoms with Crippen LogP contribution in [0.15, 0.2) is 23.8 Å². The first-order valence-electron chi connectivity index (χ1n) is 7.49. The van der Waals surface area contributed by atoms with Crippen molar-refractivity contribution in [3.63, 3.8) is 0 Å². The molecule has 2 atom stereocenters. The fourth-order valence-electron chi connectivity index (χ4n) is 4.78. The van der Waals surface area contributed by atoms with E-state index in [1.807, 2.05) is 5.57 Å². The summed E-state index contributed by atoms with van der Waals surface area (Å²) in [6.45, 7) is 2.54. The summed E-state index contributed by atoms with van der Waals surface area (Å²) in [4.78, 5) is 0. The molecule has 0 heterocycles. The van der Waals surface area contributed by atoms with Gasteiger partial charge in [0.25, 0.3) is 0 Å². The SMILES string of the molecule is C[C@@]12CCC[C@H]1C1=C(CC2)c2cc[c]cc2CC1. The normalized spacial score (nSPS) is 33.9. The van der Waals surface area contributed by atoms with E-state index in [1.165, 1.54) is 50.5 Å². The van der Waals surface area contributed by atoms with Crippen LogP contribution in [0.5, 0.6) is 0 Å². The zero-order valence-electron chi connectivity index (χ0n) is 11.3. The summed E-state index contributed by atoms with van der Waals surface area (Å²) in [6.07, 6.45) is 9.66. The zero-order valence-corrected chi connectivity index (χ0v) is 11.3. The van der Waals surface area contributed by atoms with Gasteiger partial charge in [-0.3, -0.25) is 0 Å². The summed E-state index contributed by atoms with van der Waals surface area (Å²) in [5.74, 6) is 0.901. The monoisotopic (exact) mass is 237 g/mol. The lowest BCUT2D eigenvalue weighted by Gasteiger charge is -2.42. The molecule has 4 rings (SSSR count). The van der Waals surface area contributed by atoms with Crippen molar-refractivity contribution in [1.29, 1.82) is 0 Å². The van der Waals surface area contributed by atoms with Gasteiger partial charge in [-0.2, -0.15) is 0 Å². The standard InChI is InChI=1S/C18H21/c1-18-11-4-7-17(18)16-9-8-13-5-2-3-6-14(13)15(16)10-12-18/h3,5-6,17H,4,7-12H2,1H3/t17-,18-/m0/s1. The molecule has 0 amide bonds. The fraction of sp³-hybridized carbons (Fsp3) is 0.556. The van der Waals surface area contributed by atoms with E-state index in [0.717, 1.165) is 5.92 Å². The van der Waals surface area contributed by atoms with E-state index >= 15 is 0 Å². The maximum Gasteiger partial charge on any atom is -0.0143 e. The molecule has 0 aliphatic heterocycles. The molecule has 0 nitrogen and oxygen atoms in total. The molecule has 0 spiro atoms. The minimum Gasteiger partial charge on any atom is -0.0624 e. The van der Waals surface area contributed by atoms with Gasteiger partial charge in [0.05, 0.1) is 0 Å². The van der Waals surface area contributed by atoms with E-state index in [-0.39, 0.29) is 0 Å². The van der Waals surface area contributed by atoms with Crippen LogP contribution in [-0.4, -0.2) is 0 Å². The Hall–Kier alpha value is -1.04. The minimum absolute atomic E-state index is 0.636. The second kappa shape index (κ2) is 3.73. The summed E-state index contributed by atoms with van der Waals surface area (Å²) in [6, 6.07) is 9.86. The first kappa shape index (κ1) is 10.8. The Morgan fingerprint density at radius 1 is 1.22 bits per heavy atom. The largest absolute Gasteiger partial charge is 0.0624 e. The van der Waals surface area contributed by atoms with Crippen molar-refractivity contribution in [3.05, 3.63) is 41.0 Å². The van der Waals surface area contributed by atoms with Gasteiger partial charge < -0.3 is 0 Å². The fourth-order valence-corrected chi connectivity index (χ4v) is 4.78. The molecule has 0 bridgehead atoms. The Labute approximate surface area is 110 Å². The van der Waals surface area contributed by atoms with Gasteiger partial charge in [0.1, 0.15) is 0 Å². The summed E-state index contributed by atoms with van der Waals surface area (Å²) >= 11 is 0. The highest BCUT2D eigenvalue weighted by Crippen LogP contribution is 2.57. The van der Waals surface area contributed by atoms with Gasteiger partial charge in [0.15, 0.2) is 0 Å². The summed E-state index contributed by atoms with van der Waals surface area (Å²) in [5.41, 5.74) is 7.29. The molecule has 18 heavy (non-hydrogen) atoms. The highest BCUT2D eigenvalue weighted by Gasteiger charge is 2.44. The number of allylic oxidation sites excluding steroid dienone is 2. The average molecular weight is 237 g/mol. The van der Waals surface area contributed by atoms with E-state index in [9.17, 15) is 0 Å². The van der Waals surface area contributed by atoms with Crippen LogP contribution in [0.25, 0.3) is 5.57 Å². The topological polar surface area (TPSA) is 0 Å². The molecular weight excluding hydrogens is 216 g/mol. The van der Waals surface area contributed by atoms with E-state index in [4.69, 9.17) is 0 Å². The van der Waals surface area contributed by atoms with Crippen LogP contribution in [0.3, 0.4) is 0 Å². The third-order valence-corrected chi connectivity index (χ3v) is 5.77. The van der Waals surface area contributed by atoms with E-state index in [0.29, 0.717) is 5.41 Å². The minimum atomic E-state index is 0.636. The van der Waals surface area contributed by atoms with E-state index in [1.54, 1.807) is 11.1 Å². The summed E-state index contributed by atoms with van der Waals surface area (Å²) in [5, 5.41) is 0. The van der Waals surface area contributed by atoms with E-state index < -0.39 is 0 Å². The second-order valence-corrected chi connectivity index (χ2v) is 6.69. The molecule has 1 fully saturated rings. The highest BCUT2D eigenvalue weighted by molar-refractivity contribution is 5.74. The predicted octanol–water partition coefficient (Wildman–Crippen LogP) is 4.79. The van der Waals surface area contributed by atoms with Gasteiger partial charge in [-0.25, -0.2) is 0 Å². The molecule has 0 N–H and O–H groups in total. The Morgan fingerprint density at radius 3 is 3.11 bits per heavy atom. The molecule has 1 aromatic rings. The van der Waals surface area contributed by atoms with Crippen LogP contribution >= 0.6 is 0 Å². The predicted molar refractivity (Wildman–Crippen MR) is 75.2 cm³/mol. The van der Waals surface area contributed by atoms with Crippen molar-refractivity contribution in [2.45, 2.75) is 51.9 Å². The molecule has 3 aliphatic rings. The molecular formula is C18H21. The molecule has 0 saturated heterocycles. The van der Waals surface area contributed by atoms with Crippen LogP contribution in [0.2, 0.25) is 0 Å². The highest BCUT2D eigenvalue weighted by atomic mass is 14.5. The van der Waals surface area contributed by atoms with Gasteiger partial charge in [0, 0.05) is 0 Å². The van der Waals surface area contributed by atoms with Crippen LogP contribution in [0, 0.1) is 17.4 Å². The molecule has 0 unspecified atom stereocenters. The molecule has 1 aromatic carbocycles. The van der Waals surface area contributed by atoms with Crippen molar-refractivity contribution in [2.24, 2.45) is 11.3 Å². The lowest BCUT2D eigenvalue weighted by atomic mass is 9.63. The Morgan fingerprint density at radius 2 is 2.17 bits per heavy atom. The Kier molecular flexibility index (Phi) is 2.24. The lowest BCUT2D eigenvalue weighted by molar-refractivity contribution is 0.226. The van der Waals surface area contributed by atoms with Crippen molar-refractivity contribution in [3.8, 4) is 0 Å². The molecule has 0 aromatic heterocycles. The van der Waals surface area contributed by atoms with Gasteiger partial charge in [0.2, 0.25) is 0 Å². The van der Waals surface area contributed by atoms with Gasteiger partial charge >= 0.3 is 0 Å². The number of fused-ring (bicyclic) bond motifs is 4. The van der Waals surface area contributed by atoms with Gasteiger partial charge in [-0.05, 0) is 72.6 Å². The maximum atomic E-state index is 3.25. The van der Waals surface area contributed by atoms with Crippen molar-refractivity contribution < 1.29 is 0 Å². The van der Waals surface area contributed by atoms with Crippen LogP contribution in [0.4, 0.5) is 0 Å². The number of benzene rings is 1. The average Bonchev–Trinajstić information content (AvgIpc) is 2.80. The van der Waals surface area contributed by atoms with Crippen LogP contribution in [-0.2, 0) is 6.42 Å². The Bertz CT molecular complexity index is 523. The van der Waals surface area contributed by atoms with Gasteiger partial charge in [-0.1, -0.05) is 37.1 Å². The molecule has 93 valence electrons. The molecule has 1 saturated carbocycles. The van der Waals surface area contributed by atoms with Crippen molar-refractivity contribution in [1.82, 2.24) is 0 Å². The first-order valence-corrected chi connectivity index (χ1v) is 7.49. The quantitative estimate of drug-likeness (QED) is 0.608. The summed E-state index contributed by atoms with van der Waals surface area (Å²) < 4.78 is 0. The van der Waals surface area contributed by atoms with Crippen LogP contribution in [0.1, 0.15) is 56.6 Å². The van der Waals surface area contributed by atoms with Gasteiger partial charge in [-0.15, -0.1) is 0 Å². The first-order chi connectivity index (χ1) is 8.78. The third-order valence-electron chi connectivity index (χ3n) is 5.77. The third kappa shape index (κ3) is 1.38. The Balaban J connectivity index is 1.85. The van der Waals surface area contributed by atoms with Crippen molar-refractivity contribution in [2.75, 3.05) is 0 Å². The number of aryl methyl sites for hydroxylation is 1. The lowest BCUT2D eigenvalue weighted by Crippen LogP contribution is -2.29. The van der Waals surface area contributed by atoms with Crippen LogP contribution < -0.4 is 0 Å². The zero-order chi connectivity index (χ0) is 12.2. The van der Waals surface area contributed by atoms with Crippen molar-refractivity contribution >= 4 is 5.57 Å². The number of hydrogen-bond acceptors (Lipinski definition) is 0. The van der Waals surface area contributed by atoms with E-state index in [2.05, 4.69) is 31.2 Å². The molecule has 1 radical (unpaired) electrons. The smallest absolute Gasteiger partial charge is 0.0143 e. The maximum absolute atomic E-state index is 3.25. The molecule has 0 heteroatoms. The number of hydrogen-bond donors (Lipinski definition) is 0. The molecule has 3 aliphatic carbocycles. The number of rotatable bonds is 0. The summed E-state index contributed by atoms with van der Waals surface area (Å²) in [7, 11) is 0. The second-order valence-electron chi connectivity index (χ2n) is 6.69.